The molecule has 2 aromatic heterocycles. The van der Waals surface area contributed by atoms with E-state index in [4.69, 9.17) is 9.15 Å². The second-order valence-corrected chi connectivity index (χ2v) is 5.64. The molecule has 1 N–H and O–H groups in total. The SMILES string of the molecule is Cc1c([C@H]2OCC[C@@H]2NC(=O)CCc2ccco2)cnn1C. The van der Waals surface area contributed by atoms with E-state index >= 15 is 0 Å². The van der Waals surface area contributed by atoms with Crippen LogP contribution in [0.15, 0.2) is 29.0 Å². The molecule has 1 aliphatic rings. The van der Waals surface area contributed by atoms with Gasteiger partial charge in [0.25, 0.3) is 0 Å². The fourth-order valence-electron chi connectivity index (χ4n) is 2.81. The lowest BCUT2D eigenvalue weighted by molar-refractivity contribution is -0.122. The normalized spacial score (nSPS) is 21.2. The topological polar surface area (TPSA) is 69.3 Å². The monoisotopic (exact) mass is 303 g/mol. The highest BCUT2D eigenvalue weighted by molar-refractivity contribution is 5.76. The van der Waals surface area contributed by atoms with E-state index in [-0.39, 0.29) is 18.1 Å². The number of hydrogen-bond donors (Lipinski definition) is 1. The van der Waals surface area contributed by atoms with Gasteiger partial charge in [0, 0.05) is 37.8 Å². The molecule has 1 fully saturated rings. The van der Waals surface area contributed by atoms with Gasteiger partial charge in [0.15, 0.2) is 0 Å². The molecular weight excluding hydrogens is 282 g/mol. The molecule has 2 atom stereocenters. The molecule has 0 spiro atoms. The fraction of sp³-hybridized carbons (Fsp3) is 0.500. The van der Waals surface area contributed by atoms with Crippen LogP contribution < -0.4 is 5.32 Å². The van der Waals surface area contributed by atoms with Gasteiger partial charge in [-0.2, -0.15) is 5.10 Å². The number of nitrogens with one attached hydrogen (secondary N) is 1. The molecule has 1 amide bonds. The molecule has 0 bridgehead atoms. The molecule has 0 radical (unpaired) electrons. The quantitative estimate of drug-likeness (QED) is 0.916. The van der Waals surface area contributed by atoms with Gasteiger partial charge in [-0.15, -0.1) is 0 Å². The summed E-state index contributed by atoms with van der Waals surface area (Å²) in [5, 5.41) is 7.34. The van der Waals surface area contributed by atoms with Crippen molar-refractivity contribution in [2.45, 2.75) is 38.3 Å². The molecule has 0 unspecified atom stereocenters. The van der Waals surface area contributed by atoms with Crippen molar-refractivity contribution in [3.05, 3.63) is 41.6 Å². The van der Waals surface area contributed by atoms with E-state index in [2.05, 4.69) is 10.4 Å². The Bertz CT molecular complexity index is 633. The van der Waals surface area contributed by atoms with Gasteiger partial charge < -0.3 is 14.5 Å². The van der Waals surface area contributed by atoms with Crippen molar-refractivity contribution in [1.29, 1.82) is 0 Å². The first-order chi connectivity index (χ1) is 10.6. The average Bonchev–Trinajstić information content (AvgIpc) is 3.21. The summed E-state index contributed by atoms with van der Waals surface area (Å²) >= 11 is 0. The van der Waals surface area contributed by atoms with Crippen LogP contribution in [0.5, 0.6) is 0 Å². The van der Waals surface area contributed by atoms with Gasteiger partial charge in [0.2, 0.25) is 5.91 Å². The summed E-state index contributed by atoms with van der Waals surface area (Å²) in [4.78, 5) is 12.1. The van der Waals surface area contributed by atoms with Crippen LogP contribution in [0.25, 0.3) is 0 Å². The summed E-state index contributed by atoms with van der Waals surface area (Å²) in [6.07, 6.45) is 5.20. The number of ether oxygens (including phenoxy) is 1. The van der Waals surface area contributed by atoms with Crippen LogP contribution in [-0.2, 0) is 23.0 Å². The number of aryl methyl sites for hydroxylation is 2. The van der Waals surface area contributed by atoms with Crippen LogP contribution in [0.3, 0.4) is 0 Å². The van der Waals surface area contributed by atoms with Crippen molar-refractivity contribution in [2.75, 3.05) is 6.61 Å². The number of carbonyl (C=O) groups excluding carboxylic acids is 1. The maximum atomic E-state index is 12.1. The zero-order chi connectivity index (χ0) is 15.5. The highest BCUT2D eigenvalue weighted by atomic mass is 16.5. The number of rotatable bonds is 5. The molecule has 118 valence electrons. The summed E-state index contributed by atoms with van der Waals surface area (Å²) in [7, 11) is 1.91. The molecule has 2 aromatic rings. The van der Waals surface area contributed by atoms with E-state index in [1.165, 1.54) is 0 Å². The van der Waals surface area contributed by atoms with Crippen molar-refractivity contribution in [3.8, 4) is 0 Å². The molecule has 3 rings (SSSR count). The Hall–Kier alpha value is -2.08. The predicted molar refractivity (Wildman–Crippen MR) is 80.2 cm³/mol. The smallest absolute Gasteiger partial charge is 0.220 e. The molecule has 0 aromatic carbocycles. The minimum absolute atomic E-state index is 0.00648. The number of aromatic nitrogens is 2. The third-order valence-electron chi connectivity index (χ3n) is 4.20. The van der Waals surface area contributed by atoms with Gasteiger partial charge in [0.1, 0.15) is 11.9 Å². The minimum atomic E-state index is -0.110. The van der Waals surface area contributed by atoms with Crippen molar-refractivity contribution in [1.82, 2.24) is 15.1 Å². The van der Waals surface area contributed by atoms with Crippen LogP contribution in [-0.4, -0.2) is 28.3 Å². The summed E-state index contributed by atoms with van der Waals surface area (Å²) < 4.78 is 12.9. The van der Waals surface area contributed by atoms with Crippen molar-refractivity contribution < 1.29 is 13.9 Å². The molecule has 22 heavy (non-hydrogen) atoms. The lowest BCUT2D eigenvalue weighted by atomic mass is 10.0. The van der Waals surface area contributed by atoms with Crippen molar-refractivity contribution in [2.24, 2.45) is 7.05 Å². The molecule has 3 heterocycles. The van der Waals surface area contributed by atoms with E-state index in [0.717, 1.165) is 23.4 Å². The van der Waals surface area contributed by atoms with Crippen LogP contribution >= 0.6 is 0 Å². The van der Waals surface area contributed by atoms with Crippen molar-refractivity contribution >= 4 is 5.91 Å². The van der Waals surface area contributed by atoms with Gasteiger partial charge in [-0.1, -0.05) is 0 Å². The number of furan rings is 1. The van der Waals surface area contributed by atoms with Crippen LogP contribution in [0.1, 0.15) is 36.0 Å². The van der Waals surface area contributed by atoms with E-state index < -0.39 is 0 Å². The Labute approximate surface area is 129 Å². The van der Waals surface area contributed by atoms with Crippen LogP contribution in [0, 0.1) is 6.92 Å². The molecule has 1 saturated heterocycles. The summed E-state index contributed by atoms with van der Waals surface area (Å²) in [5.41, 5.74) is 2.12. The number of nitrogens with zero attached hydrogens (tertiary/aromatic N) is 2. The predicted octanol–water partition coefficient (Wildman–Crippen LogP) is 1.90. The first-order valence-electron chi connectivity index (χ1n) is 7.57. The second kappa shape index (κ2) is 6.36. The first-order valence-corrected chi connectivity index (χ1v) is 7.57. The number of hydrogen-bond acceptors (Lipinski definition) is 4. The molecule has 6 heteroatoms. The molecule has 0 aliphatic carbocycles. The molecule has 6 nitrogen and oxygen atoms in total. The lowest BCUT2D eigenvalue weighted by Crippen LogP contribution is -2.37. The number of carbonyl (C=O) groups is 1. The Morgan fingerprint density at radius 3 is 3.09 bits per heavy atom. The minimum Gasteiger partial charge on any atom is -0.469 e. The van der Waals surface area contributed by atoms with E-state index in [1.54, 1.807) is 6.26 Å². The fourth-order valence-corrected chi connectivity index (χ4v) is 2.81. The lowest BCUT2D eigenvalue weighted by Gasteiger charge is -2.19. The molecule has 0 saturated carbocycles. The Kier molecular flexibility index (Phi) is 4.29. The standard InChI is InChI=1S/C16H21N3O3/c1-11-13(10-17-19(11)2)16-14(7-9-22-16)18-15(20)6-5-12-4-3-8-21-12/h3-4,8,10,14,16H,5-7,9H2,1-2H3,(H,18,20)/t14-,16+/m0/s1. The van der Waals surface area contributed by atoms with E-state index in [0.29, 0.717) is 19.4 Å². The Morgan fingerprint density at radius 1 is 1.55 bits per heavy atom. The summed E-state index contributed by atoms with van der Waals surface area (Å²) in [6, 6.07) is 3.72. The third-order valence-corrected chi connectivity index (χ3v) is 4.20. The average molecular weight is 303 g/mol. The van der Waals surface area contributed by atoms with Gasteiger partial charge >= 0.3 is 0 Å². The highest BCUT2D eigenvalue weighted by Gasteiger charge is 2.32. The summed E-state index contributed by atoms with van der Waals surface area (Å²) in [6.45, 7) is 2.67. The van der Waals surface area contributed by atoms with E-state index in [1.807, 2.05) is 37.0 Å². The second-order valence-electron chi connectivity index (χ2n) is 5.64. The maximum Gasteiger partial charge on any atom is 0.220 e. The number of amides is 1. The van der Waals surface area contributed by atoms with Crippen LogP contribution in [0.2, 0.25) is 0 Å². The van der Waals surface area contributed by atoms with Gasteiger partial charge in [-0.3, -0.25) is 9.48 Å². The Balaban J connectivity index is 1.59. The van der Waals surface area contributed by atoms with Crippen molar-refractivity contribution in [3.63, 3.8) is 0 Å². The van der Waals surface area contributed by atoms with Gasteiger partial charge in [-0.25, -0.2) is 0 Å². The highest BCUT2D eigenvalue weighted by Crippen LogP contribution is 2.31. The van der Waals surface area contributed by atoms with Gasteiger partial charge in [0.05, 0.1) is 18.5 Å². The Morgan fingerprint density at radius 2 is 2.41 bits per heavy atom. The summed E-state index contributed by atoms with van der Waals surface area (Å²) in [5.74, 6) is 0.857. The first kappa shape index (κ1) is 14.8. The van der Waals surface area contributed by atoms with Gasteiger partial charge in [-0.05, 0) is 25.5 Å². The zero-order valence-corrected chi connectivity index (χ0v) is 12.9. The third kappa shape index (κ3) is 3.06. The van der Waals surface area contributed by atoms with E-state index in [9.17, 15) is 4.79 Å². The maximum absolute atomic E-state index is 12.1. The molecular formula is C16H21N3O3. The molecule has 1 aliphatic heterocycles. The van der Waals surface area contributed by atoms with Crippen LogP contribution in [0.4, 0.5) is 0 Å². The largest absolute Gasteiger partial charge is 0.469 e. The zero-order valence-electron chi connectivity index (χ0n) is 12.9.